The molecule has 0 saturated heterocycles. The number of rotatable bonds is 2. The van der Waals surface area contributed by atoms with E-state index in [2.05, 4.69) is 60.7 Å². The number of hydrogen-bond acceptors (Lipinski definition) is 0. The first-order valence-electron chi connectivity index (χ1n) is 4.40. The van der Waals surface area contributed by atoms with Gasteiger partial charge in [0.05, 0.1) is 0 Å². The molecule has 0 nitrogen and oxygen atoms in total. The fraction of sp³-hybridized carbons (Fsp3) is 0. The van der Waals surface area contributed by atoms with Gasteiger partial charge in [-0.05, 0) is 0 Å². The fourth-order valence-electron chi connectivity index (χ4n) is 1.29. The molecule has 0 aromatic heterocycles. The van der Waals surface area contributed by atoms with Crippen LogP contribution in [0.4, 0.5) is 0 Å². The van der Waals surface area contributed by atoms with E-state index in [9.17, 15) is 0 Å². The average Bonchev–Trinajstić information content (AvgIpc) is 2.21. The van der Waals surface area contributed by atoms with E-state index in [1.807, 2.05) is 0 Å². The molecule has 0 fully saturated rings. The van der Waals surface area contributed by atoms with Crippen LogP contribution in [0.15, 0.2) is 60.7 Å². The monoisotopic (exact) mass is 308 g/mol. The minimum absolute atomic E-state index is 0. The molecule has 0 amide bonds. The maximum atomic E-state index is 2.20. The molecule has 0 saturated carbocycles. The molecule has 2 rings (SSSR count). The van der Waals surface area contributed by atoms with E-state index in [1.165, 1.54) is 8.85 Å². The topological polar surface area (TPSA) is 0 Å². The Bertz CT molecular complexity index is 321. The summed E-state index contributed by atoms with van der Waals surface area (Å²) in [5.41, 5.74) is 0. The zero-order chi connectivity index (χ0) is 8.93. The standard InChI is InChI=1S/2C6H5.Al.HI/c2*1-2-4-6-5-3-1;;/h2*1-5H;;1H/q;;+1;/p-1. The van der Waals surface area contributed by atoms with Gasteiger partial charge >= 0.3 is 84.7 Å². The van der Waals surface area contributed by atoms with Crippen LogP contribution in [0.5, 0.6) is 0 Å². The van der Waals surface area contributed by atoms with E-state index >= 15 is 0 Å². The molecule has 0 aliphatic carbocycles. The summed E-state index contributed by atoms with van der Waals surface area (Å²) in [4.78, 5) is 0. The number of benzene rings is 2. The van der Waals surface area contributed by atoms with Crippen LogP contribution in [0.2, 0.25) is 0 Å². The van der Waals surface area contributed by atoms with Crippen molar-refractivity contribution in [2.24, 2.45) is 0 Å². The van der Waals surface area contributed by atoms with Gasteiger partial charge < -0.3 is 24.0 Å². The second kappa shape index (κ2) is 6.24. The van der Waals surface area contributed by atoms with Gasteiger partial charge in [-0.2, -0.15) is 0 Å². The van der Waals surface area contributed by atoms with E-state index in [-0.39, 0.29) is 39.2 Å². The van der Waals surface area contributed by atoms with Crippen LogP contribution in [0, 0.1) is 0 Å². The Morgan fingerprint density at radius 1 is 0.571 bits per heavy atom. The molecule has 0 heterocycles. The predicted molar refractivity (Wildman–Crippen MR) is 57.9 cm³/mol. The van der Waals surface area contributed by atoms with Gasteiger partial charge in [0.15, 0.2) is 0 Å². The molecule has 0 bridgehead atoms. The third-order valence-electron chi connectivity index (χ3n) is 1.93. The van der Waals surface area contributed by atoms with Gasteiger partial charge in [0, 0.05) is 0 Å². The van der Waals surface area contributed by atoms with Crippen molar-refractivity contribution < 1.29 is 24.0 Å². The molecule has 2 aromatic carbocycles. The first-order valence-corrected chi connectivity index (χ1v) is 5.55. The molecule has 14 heavy (non-hydrogen) atoms. The van der Waals surface area contributed by atoms with Crippen LogP contribution in [0.1, 0.15) is 0 Å². The molecule has 0 unspecified atom stereocenters. The average molecular weight is 308 g/mol. The van der Waals surface area contributed by atoms with Crippen molar-refractivity contribution in [1.82, 2.24) is 0 Å². The fourth-order valence-corrected chi connectivity index (χ4v) is 2.51. The molecule has 2 aromatic rings. The molecular formula is C12H10AlI. The van der Waals surface area contributed by atoms with E-state index in [0.29, 0.717) is 0 Å². The molecule has 0 radical (unpaired) electrons. The van der Waals surface area contributed by atoms with E-state index in [1.54, 1.807) is 0 Å². The van der Waals surface area contributed by atoms with Gasteiger partial charge in [-0.1, -0.05) is 0 Å². The van der Waals surface area contributed by atoms with Crippen LogP contribution < -0.4 is 32.8 Å². The van der Waals surface area contributed by atoms with E-state index in [0.717, 1.165) is 0 Å². The third kappa shape index (κ3) is 3.45. The first-order chi connectivity index (χ1) is 6.45. The molecule has 0 atom stereocenters. The Morgan fingerprint density at radius 2 is 0.929 bits per heavy atom. The summed E-state index contributed by atoms with van der Waals surface area (Å²) in [5.74, 6) is 0. The van der Waals surface area contributed by atoms with Gasteiger partial charge in [0.2, 0.25) is 0 Å². The molecule has 68 valence electrons. The summed E-state index contributed by atoms with van der Waals surface area (Å²) < 4.78 is 2.90. The summed E-state index contributed by atoms with van der Waals surface area (Å²) in [7, 11) is 0. The first kappa shape index (κ1) is 11.8. The Labute approximate surface area is 108 Å². The van der Waals surface area contributed by atoms with Crippen LogP contribution in [-0.2, 0) is 0 Å². The van der Waals surface area contributed by atoms with Crippen molar-refractivity contribution in [2.75, 3.05) is 0 Å². The zero-order valence-electron chi connectivity index (χ0n) is 7.73. The Balaban J connectivity index is 0.000000980. The molecule has 2 heteroatoms. The zero-order valence-corrected chi connectivity index (χ0v) is 11.0. The van der Waals surface area contributed by atoms with Crippen molar-refractivity contribution in [2.45, 2.75) is 0 Å². The second-order valence-electron chi connectivity index (χ2n) is 2.97. The van der Waals surface area contributed by atoms with Crippen molar-refractivity contribution in [1.29, 1.82) is 0 Å². The second-order valence-corrected chi connectivity index (χ2v) is 4.59. The van der Waals surface area contributed by atoms with E-state index < -0.39 is 0 Å². The van der Waals surface area contributed by atoms with Crippen molar-refractivity contribution >= 4 is 24.1 Å². The summed E-state index contributed by atoms with van der Waals surface area (Å²) in [6.45, 7) is 0. The van der Waals surface area contributed by atoms with Crippen molar-refractivity contribution in [3.8, 4) is 0 Å². The van der Waals surface area contributed by atoms with Gasteiger partial charge in [-0.3, -0.25) is 0 Å². The molecule has 0 spiro atoms. The molecular weight excluding hydrogens is 298 g/mol. The molecule has 0 N–H and O–H groups in total. The summed E-state index contributed by atoms with van der Waals surface area (Å²) in [5, 5.41) is 0. The van der Waals surface area contributed by atoms with Crippen molar-refractivity contribution in [3.63, 3.8) is 0 Å². The maximum absolute atomic E-state index is 2.20. The van der Waals surface area contributed by atoms with Gasteiger partial charge in [-0.25, -0.2) is 0 Å². The number of halogens is 1. The Kier molecular flexibility index (Phi) is 5.24. The van der Waals surface area contributed by atoms with Crippen molar-refractivity contribution in [3.05, 3.63) is 60.7 Å². The summed E-state index contributed by atoms with van der Waals surface area (Å²) >= 11 is 0.271. The number of hydrogen-bond donors (Lipinski definition) is 0. The van der Waals surface area contributed by atoms with Crippen LogP contribution in [0.3, 0.4) is 0 Å². The molecule has 0 aliphatic rings. The van der Waals surface area contributed by atoms with E-state index in [4.69, 9.17) is 0 Å². The van der Waals surface area contributed by atoms with Crippen LogP contribution in [-0.4, -0.2) is 15.2 Å². The van der Waals surface area contributed by atoms with Gasteiger partial charge in [0.25, 0.3) is 0 Å². The van der Waals surface area contributed by atoms with Crippen LogP contribution >= 0.6 is 0 Å². The Hall–Kier alpha value is -0.298. The Morgan fingerprint density at radius 3 is 1.29 bits per heavy atom. The quantitative estimate of drug-likeness (QED) is 0.461. The summed E-state index contributed by atoms with van der Waals surface area (Å²) in [6, 6.07) is 21.3. The molecule has 0 aliphatic heterocycles. The predicted octanol–water partition coefficient (Wildman–Crippen LogP) is -1.65. The minimum atomic E-state index is 0. The third-order valence-corrected chi connectivity index (χ3v) is 3.37. The normalized spacial score (nSPS) is 8.57. The summed E-state index contributed by atoms with van der Waals surface area (Å²) in [6.07, 6.45) is 0. The SMILES string of the molecule is [I-].c1cc[c]([Al+][c]2ccccc2)cc1. The van der Waals surface area contributed by atoms with Gasteiger partial charge in [-0.15, -0.1) is 0 Å². The van der Waals surface area contributed by atoms with Gasteiger partial charge in [0.1, 0.15) is 0 Å². The van der Waals surface area contributed by atoms with Crippen LogP contribution in [0.25, 0.3) is 0 Å².